The Morgan fingerprint density at radius 1 is 1.00 bits per heavy atom. The zero-order chi connectivity index (χ0) is 18.9. The minimum Gasteiger partial charge on any atom is -0.484 e. The summed E-state index contributed by atoms with van der Waals surface area (Å²) in [7, 11) is 0. The van der Waals surface area contributed by atoms with E-state index < -0.39 is 0 Å². The van der Waals surface area contributed by atoms with Crippen molar-refractivity contribution in [3.63, 3.8) is 0 Å². The molecule has 144 valence electrons. The quantitative estimate of drug-likeness (QED) is 0.802. The summed E-state index contributed by atoms with van der Waals surface area (Å²) in [4.78, 5) is 14.8. The molecule has 0 spiro atoms. The molecule has 0 bridgehead atoms. The van der Waals surface area contributed by atoms with Crippen LogP contribution in [0.1, 0.15) is 42.9 Å². The molecule has 1 amide bonds. The highest BCUT2D eigenvalue weighted by Crippen LogP contribution is 2.24. The third-order valence-corrected chi connectivity index (χ3v) is 5.15. The molecule has 4 nitrogen and oxygen atoms in total. The maximum absolute atomic E-state index is 12.3. The van der Waals surface area contributed by atoms with Gasteiger partial charge in [0.1, 0.15) is 5.75 Å². The third kappa shape index (κ3) is 6.10. The van der Waals surface area contributed by atoms with E-state index in [1.165, 1.54) is 36.8 Å². The Morgan fingerprint density at radius 3 is 2.33 bits per heavy atom. The molecule has 1 aliphatic heterocycles. The molecule has 1 atom stereocenters. The number of hydrogen-bond acceptors (Lipinski definition) is 3. The number of aryl methyl sites for hydroxylation is 1. The number of nitrogens with zero attached hydrogens (tertiary/aromatic N) is 1. The van der Waals surface area contributed by atoms with Gasteiger partial charge in [0.15, 0.2) is 6.61 Å². The maximum atomic E-state index is 12.3. The van der Waals surface area contributed by atoms with Gasteiger partial charge in [0.2, 0.25) is 0 Å². The van der Waals surface area contributed by atoms with Crippen LogP contribution in [-0.4, -0.2) is 37.0 Å². The molecule has 2 aromatic rings. The number of carbonyl (C=O) groups excluding carboxylic acids is 1. The number of benzene rings is 2. The largest absolute Gasteiger partial charge is 0.484 e. The normalized spacial score (nSPS) is 16.3. The summed E-state index contributed by atoms with van der Waals surface area (Å²) >= 11 is 0. The van der Waals surface area contributed by atoms with Crippen molar-refractivity contribution in [1.29, 1.82) is 0 Å². The van der Waals surface area contributed by atoms with E-state index in [1.807, 2.05) is 30.3 Å². The van der Waals surface area contributed by atoms with Crippen LogP contribution in [0, 0.1) is 6.92 Å². The highest BCUT2D eigenvalue weighted by Gasteiger charge is 2.22. The van der Waals surface area contributed by atoms with Crippen LogP contribution >= 0.6 is 0 Å². The van der Waals surface area contributed by atoms with Crippen LogP contribution in [0.2, 0.25) is 0 Å². The molecule has 1 heterocycles. The number of rotatable bonds is 7. The van der Waals surface area contributed by atoms with Gasteiger partial charge < -0.3 is 10.1 Å². The number of hydrogen-bond donors (Lipinski definition) is 1. The van der Waals surface area contributed by atoms with Gasteiger partial charge in [-0.15, -0.1) is 0 Å². The van der Waals surface area contributed by atoms with Crippen molar-refractivity contribution < 1.29 is 9.53 Å². The Bertz CT molecular complexity index is 692. The van der Waals surface area contributed by atoms with Crippen LogP contribution in [0.5, 0.6) is 5.75 Å². The average molecular weight is 367 g/mol. The highest BCUT2D eigenvalue weighted by atomic mass is 16.5. The maximum Gasteiger partial charge on any atom is 0.258 e. The first-order valence-electron chi connectivity index (χ1n) is 9.97. The van der Waals surface area contributed by atoms with Gasteiger partial charge in [-0.25, -0.2) is 0 Å². The summed E-state index contributed by atoms with van der Waals surface area (Å²) in [5, 5.41) is 3.08. The summed E-state index contributed by atoms with van der Waals surface area (Å²) in [5.41, 5.74) is 2.53. The summed E-state index contributed by atoms with van der Waals surface area (Å²) in [6.07, 6.45) is 5.06. The highest BCUT2D eigenvalue weighted by molar-refractivity contribution is 5.77. The number of likely N-dealkylation sites (tertiary alicyclic amines) is 1. The molecular formula is C23H30N2O2. The molecular weight excluding hydrogens is 336 g/mol. The first kappa shape index (κ1) is 19.4. The van der Waals surface area contributed by atoms with E-state index in [-0.39, 0.29) is 18.6 Å². The van der Waals surface area contributed by atoms with Gasteiger partial charge in [0, 0.05) is 6.54 Å². The number of carbonyl (C=O) groups is 1. The van der Waals surface area contributed by atoms with E-state index in [0.717, 1.165) is 18.8 Å². The van der Waals surface area contributed by atoms with Crippen LogP contribution in [0.15, 0.2) is 54.6 Å². The number of nitrogens with one attached hydrogen (secondary N) is 1. The van der Waals surface area contributed by atoms with E-state index >= 15 is 0 Å². The molecule has 1 saturated heterocycles. The summed E-state index contributed by atoms with van der Waals surface area (Å²) < 4.78 is 5.56. The van der Waals surface area contributed by atoms with Crippen molar-refractivity contribution in [3.8, 4) is 5.75 Å². The second-order valence-electron chi connectivity index (χ2n) is 7.28. The van der Waals surface area contributed by atoms with Gasteiger partial charge in [-0.05, 0) is 50.6 Å². The van der Waals surface area contributed by atoms with Crippen molar-refractivity contribution >= 4 is 5.91 Å². The Morgan fingerprint density at radius 2 is 1.67 bits per heavy atom. The fourth-order valence-corrected chi connectivity index (χ4v) is 3.58. The molecule has 0 radical (unpaired) electrons. The van der Waals surface area contributed by atoms with Gasteiger partial charge in [-0.2, -0.15) is 0 Å². The predicted octanol–water partition coefficient (Wildman–Crippen LogP) is 4.11. The molecule has 0 aromatic heterocycles. The number of para-hydroxylation sites is 1. The van der Waals surface area contributed by atoms with E-state index in [4.69, 9.17) is 4.74 Å². The van der Waals surface area contributed by atoms with E-state index in [0.29, 0.717) is 6.54 Å². The predicted molar refractivity (Wildman–Crippen MR) is 109 cm³/mol. The lowest BCUT2D eigenvalue weighted by Gasteiger charge is -2.31. The van der Waals surface area contributed by atoms with Crippen LogP contribution in [0.3, 0.4) is 0 Å². The monoisotopic (exact) mass is 366 g/mol. The first-order chi connectivity index (χ1) is 13.2. The average Bonchev–Trinajstić information content (AvgIpc) is 2.98. The van der Waals surface area contributed by atoms with Gasteiger partial charge in [-0.3, -0.25) is 9.69 Å². The first-order valence-corrected chi connectivity index (χ1v) is 9.97. The molecule has 0 aliphatic carbocycles. The van der Waals surface area contributed by atoms with Crippen LogP contribution in [-0.2, 0) is 4.79 Å². The molecule has 1 aliphatic rings. The van der Waals surface area contributed by atoms with Gasteiger partial charge in [0.05, 0.1) is 6.04 Å². The Labute approximate surface area is 162 Å². The molecule has 1 fully saturated rings. The van der Waals surface area contributed by atoms with Crippen LogP contribution in [0.25, 0.3) is 0 Å². The lowest BCUT2D eigenvalue weighted by molar-refractivity contribution is -0.123. The van der Waals surface area contributed by atoms with E-state index in [9.17, 15) is 4.79 Å². The van der Waals surface area contributed by atoms with Crippen molar-refractivity contribution in [2.24, 2.45) is 0 Å². The Hall–Kier alpha value is -2.33. The zero-order valence-electron chi connectivity index (χ0n) is 16.2. The molecule has 0 saturated carbocycles. The Balaban J connectivity index is 1.60. The lowest BCUT2D eigenvalue weighted by Crippen LogP contribution is -2.40. The van der Waals surface area contributed by atoms with Crippen molar-refractivity contribution in [2.75, 3.05) is 26.2 Å². The fraction of sp³-hybridized carbons (Fsp3) is 0.435. The van der Waals surface area contributed by atoms with Gasteiger partial charge in [-0.1, -0.05) is 60.9 Å². The minimum atomic E-state index is -0.0780. The van der Waals surface area contributed by atoms with Gasteiger partial charge >= 0.3 is 0 Å². The SMILES string of the molecule is Cc1ccc([C@H](CNC(=O)COc2ccccc2)N2CCCCCC2)cc1. The molecule has 3 rings (SSSR count). The third-order valence-electron chi connectivity index (χ3n) is 5.15. The molecule has 1 N–H and O–H groups in total. The Kier molecular flexibility index (Phi) is 7.28. The van der Waals surface area contributed by atoms with Crippen molar-refractivity contribution in [3.05, 3.63) is 65.7 Å². The van der Waals surface area contributed by atoms with Gasteiger partial charge in [0.25, 0.3) is 5.91 Å². The molecule has 2 aromatic carbocycles. The second-order valence-corrected chi connectivity index (χ2v) is 7.28. The van der Waals surface area contributed by atoms with Crippen LogP contribution < -0.4 is 10.1 Å². The number of ether oxygens (including phenoxy) is 1. The smallest absolute Gasteiger partial charge is 0.258 e. The second kappa shape index (κ2) is 10.1. The standard InChI is InChI=1S/C23H30N2O2/c1-19-11-13-20(14-12-19)22(25-15-7-2-3-8-16-25)17-24-23(26)18-27-21-9-5-4-6-10-21/h4-6,9-14,22H,2-3,7-8,15-18H2,1H3,(H,24,26)/t22-/m0/s1. The molecule has 27 heavy (non-hydrogen) atoms. The van der Waals surface area contributed by atoms with Crippen LogP contribution in [0.4, 0.5) is 0 Å². The van der Waals surface area contributed by atoms with E-state index in [2.05, 4.69) is 41.4 Å². The summed E-state index contributed by atoms with van der Waals surface area (Å²) in [5.74, 6) is 0.640. The zero-order valence-corrected chi connectivity index (χ0v) is 16.2. The topological polar surface area (TPSA) is 41.6 Å². The molecule has 0 unspecified atom stereocenters. The summed E-state index contributed by atoms with van der Waals surface area (Å²) in [6, 6.07) is 18.4. The van der Waals surface area contributed by atoms with E-state index in [1.54, 1.807) is 0 Å². The number of amides is 1. The summed E-state index contributed by atoms with van der Waals surface area (Å²) in [6.45, 7) is 4.95. The van der Waals surface area contributed by atoms with Crippen molar-refractivity contribution in [2.45, 2.75) is 38.6 Å². The lowest BCUT2D eigenvalue weighted by atomic mass is 10.0. The van der Waals surface area contributed by atoms with Crippen molar-refractivity contribution in [1.82, 2.24) is 10.2 Å². The molecule has 4 heteroatoms. The minimum absolute atomic E-state index is 0.0463. The fourth-order valence-electron chi connectivity index (χ4n) is 3.58.